The van der Waals surface area contributed by atoms with E-state index in [0.717, 1.165) is 0 Å². The summed E-state index contributed by atoms with van der Waals surface area (Å²) in [6.45, 7) is 21.7. The van der Waals surface area contributed by atoms with Crippen LogP contribution in [0.5, 0.6) is 0 Å². The van der Waals surface area contributed by atoms with Gasteiger partial charge in [-0.25, -0.2) is 0 Å². The zero-order valence-corrected chi connectivity index (χ0v) is 32.1. The van der Waals surface area contributed by atoms with Gasteiger partial charge in [0, 0.05) is 31.5 Å². The van der Waals surface area contributed by atoms with Crippen LogP contribution in [0.25, 0.3) is 5.57 Å². The molecule has 4 aromatic carbocycles. The number of aryl methyl sites for hydroxylation is 6. The van der Waals surface area contributed by atoms with Crippen molar-refractivity contribution in [3.05, 3.63) is 140 Å². The van der Waals surface area contributed by atoms with E-state index in [9.17, 15) is 0 Å². The lowest BCUT2D eigenvalue weighted by Crippen LogP contribution is -2.50. The van der Waals surface area contributed by atoms with Gasteiger partial charge in [0.15, 0.2) is 0 Å². The predicted molar refractivity (Wildman–Crippen MR) is 212 cm³/mol. The van der Waals surface area contributed by atoms with Crippen LogP contribution in [0.4, 0.5) is 0 Å². The molecule has 0 radical (unpaired) electrons. The molecule has 240 valence electrons. The molecule has 0 amide bonds. The van der Waals surface area contributed by atoms with Crippen LogP contribution in [0.1, 0.15) is 71.2 Å². The van der Waals surface area contributed by atoms with Gasteiger partial charge in [-0.15, -0.1) is 11.3 Å². The summed E-state index contributed by atoms with van der Waals surface area (Å²) in [5.74, 6) is 0.646. The van der Waals surface area contributed by atoms with Gasteiger partial charge in [-0.1, -0.05) is 140 Å². The summed E-state index contributed by atoms with van der Waals surface area (Å²) in [7, 11) is -1.47. The van der Waals surface area contributed by atoms with Crippen LogP contribution < -0.4 is 26.5 Å². The number of fused-ring (bicyclic) bond motifs is 1. The first-order chi connectivity index (χ1) is 22.4. The Bertz CT molecular complexity index is 1870. The number of thiophene rings is 1. The van der Waals surface area contributed by atoms with Crippen molar-refractivity contribution in [2.24, 2.45) is 16.7 Å². The molecule has 0 spiro atoms. The fourth-order valence-electron chi connectivity index (χ4n) is 9.04. The van der Waals surface area contributed by atoms with Gasteiger partial charge in [-0.05, 0) is 108 Å². The summed E-state index contributed by atoms with van der Waals surface area (Å²) >= 11 is 2.04. The van der Waals surface area contributed by atoms with Crippen LogP contribution in [0, 0.1) is 58.3 Å². The fourth-order valence-corrected chi connectivity index (χ4v) is 16.7. The van der Waals surface area contributed by atoms with Gasteiger partial charge in [0.25, 0.3) is 0 Å². The lowest BCUT2D eigenvalue weighted by atomic mass is 9.50. The Morgan fingerprint density at radius 1 is 0.596 bits per heavy atom. The van der Waals surface area contributed by atoms with Crippen LogP contribution in [-0.4, -0.2) is 0 Å². The molecule has 2 unspecified atom stereocenters. The quantitative estimate of drug-likeness (QED) is 0.151. The normalized spacial score (nSPS) is 22.2. The first-order valence-electron chi connectivity index (χ1n) is 17.2. The molecule has 1 aromatic heterocycles. The van der Waals surface area contributed by atoms with E-state index in [-0.39, 0.29) is 10.8 Å². The Morgan fingerprint density at radius 2 is 1.06 bits per heavy atom. The second-order valence-electron chi connectivity index (χ2n) is 14.7. The first-order valence-corrected chi connectivity index (χ1v) is 20.7. The zero-order valence-electron chi connectivity index (χ0n) is 29.5. The van der Waals surface area contributed by atoms with Crippen molar-refractivity contribution in [3.63, 3.8) is 0 Å². The monoisotopic (exact) mass is 670 g/mol. The molecule has 0 saturated heterocycles. The van der Waals surface area contributed by atoms with E-state index in [0.29, 0.717) is 5.92 Å². The molecule has 3 heteroatoms. The maximum atomic E-state index is 2.63. The molecule has 0 bridgehead atoms. The molecule has 3 atom stereocenters. The first kappa shape index (κ1) is 32.7. The summed E-state index contributed by atoms with van der Waals surface area (Å²) in [5.41, 5.74) is 8.98. The van der Waals surface area contributed by atoms with Gasteiger partial charge < -0.3 is 0 Å². The number of hydrogen-bond acceptors (Lipinski definition) is 1. The highest BCUT2D eigenvalue weighted by atomic mass is 32.1. The van der Waals surface area contributed by atoms with Gasteiger partial charge >= 0.3 is 0 Å². The van der Waals surface area contributed by atoms with Crippen LogP contribution in [-0.2, 0) is 0 Å². The van der Waals surface area contributed by atoms with Crippen molar-refractivity contribution in [3.8, 4) is 0 Å². The minimum atomic E-state index is -0.767. The van der Waals surface area contributed by atoms with Crippen molar-refractivity contribution in [2.45, 2.75) is 75.2 Å². The topological polar surface area (TPSA) is 0 Å². The summed E-state index contributed by atoms with van der Waals surface area (Å²) in [6.07, 6.45) is 2.54. The Balaban J connectivity index is 1.58. The average molecular weight is 671 g/mol. The molecule has 1 saturated carbocycles. The maximum Gasteiger partial charge on any atom is 0.0107 e. The lowest BCUT2D eigenvalue weighted by molar-refractivity contribution is 0.154. The van der Waals surface area contributed by atoms with Crippen molar-refractivity contribution < 1.29 is 0 Å². The van der Waals surface area contributed by atoms with E-state index in [1.165, 1.54) is 66.1 Å². The molecular formula is C44H48P2S. The lowest BCUT2D eigenvalue weighted by Gasteiger charge is -2.60. The third-order valence-electron chi connectivity index (χ3n) is 11.4. The third-order valence-corrected chi connectivity index (χ3v) is 17.9. The summed E-state index contributed by atoms with van der Waals surface area (Å²) in [4.78, 5) is 2.98. The highest BCUT2D eigenvalue weighted by molar-refractivity contribution is 7.80. The SMILES string of the molecule is Cc1cc(C)cc(P(c2cc(C)cc(C)c2)c2c(C)sc(C)c2C2=C(P(c3ccccc3)c3ccccc3)[C@@]3(C)C(C)CCC23C)c1. The van der Waals surface area contributed by atoms with Gasteiger partial charge in [-0.2, -0.15) is 0 Å². The Labute approximate surface area is 289 Å². The van der Waals surface area contributed by atoms with Gasteiger partial charge in [0.05, 0.1) is 0 Å². The van der Waals surface area contributed by atoms with E-state index in [4.69, 9.17) is 0 Å². The molecule has 7 rings (SSSR count). The van der Waals surface area contributed by atoms with Gasteiger partial charge in [-0.3, -0.25) is 0 Å². The minimum absolute atomic E-state index is 0.144. The van der Waals surface area contributed by atoms with E-state index < -0.39 is 15.8 Å². The van der Waals surface area contributed by atoms with Gasteiger partial charge in [0.2, 0.25) is 0 Å². The standard InChI is InChI=1S/C44H48P2S/c1-28-22-29(2)25-37(24-28)45(38-26-30(3)23-31(4)27-38)41-34(7)47-33(6)39(41)40-42(44(9)32(5)20-21-43(40,44)8)46(35-16-12-10-13-17-35)36-18-14-11-15-19-36/h10-19,22-27,32H,20-21H2,1-9H3/t32?,43?,44-/m1/s1. The second-order valence-corrected chi connectivity index (χ2v) is 20.4. The van der Waals surface area contributed by atoms with Crippen LogP contribution in [0.15, 0.2) is 102 Å². The Kier molecular flexibility index (Phi) is 8.53. The molecule has 2 aliphatic rings. The van der Waals surface area contributed by atoms with E-state index >= 15 is 0 Å². The zero-order chi connectivity index (χ0) is 33.2. The highest BCUT2D eigenvalue weighted by Crippen LogP contribution is 2.80. The van der Waals surface area contributed by atoms with Crippen LogP contribution in [0.2, 0.25) is 0 Å². The van der Waals surface area contributed by atoms with E-state index in [1.807, 2.05) is 11.3 Å². The fraction of sp³-hybridized carbons (Fsp3) is 0.318. The number of benzene rings is 4. The molecule has 0 aliphatic heterocycles. The molecular weight excluding hydrogens is 622 g/mol. The van der Waals surface area contributed by atoms with Crippen molar-refractivity contribution in [1.29, 1.82) is 0 Å². The predicted octanol–water partition coefficient (Wildman–Crippen LogP) is 10.7. The van der Waals surface area contributed by atoms with Crippen LogP contribution in [0.3, 0.4) is 0 Å². The maximum absolute atomic E-state index is 2.63. The van der Waals surface area contributed by atoms with E-state index in [1.54, 1.807) is 21.8 Å². The number of hydrogen-bond donors (Lipinski definition) is 0. The molecule has 1 heterocycles. The third kappa shape index (κ3) is 5.24. The van der Waals surface area contributed by atoms with E-state index in [2.05, 4.69) is 159 Å². The summed E-state index contributed by atoms with van der Waals surface area (Å²) < 4.78 is 0. The van der Waals surface area contributed by atoms with Crippen molar-refractivity contribution >= 4 is 59.3 Å². The molecule has 5 aromatic rings. The minimum Gasteiger partial charge on any atom is -0.145 e. The van der Waals surface area contributed by atoms with Crippen molar-refractivity contribution in [1.82, 2.24) is 0 Å². The number of allylic oxidation sites excluding steroid dienone is 2. The molecule has 1 fully saturated rings. The highest BCUT2D eigenvalue weighted by Gasteiger charge is 2.66. The summed E-state index contributed by atoms with van der Waals surface area (Å²) in [5, 5.41) is 9.24. The second kappa shape index (κ2) is 12.3. The molecule has 0 N–H and O–H groups in total. The number of rotatable bonds is 7. The molecule has 47 heavy (non-hydrogen) atoms. The van der Waals surface area contributed by atoms with Crippen LogP contribution >= 0.6 is 27.2 Å². The van der Waals surface area contributed by atoms with Gasteiger partial charge in [0.1, 0.15) is 0 Å². The van der Waals surface area contributed by atoms with Crippen molar-refractivity contribution in [2.75, 3.05) is 0 Å². The Hall–Kier alpha value is -2.82. The average Bonchev–Trinajstić information content (AvgIpc) is 3.41. The smallest absolute Gasteiger partial charge is 0.0107 e. The molecule has 0 nitrogen and oxygen atoms in total. The Morgan fingerprint density at radius 3 is 1.53 bits per heavy atom. The largest absolute Gasteiger partial charge is 0.145 e. The summed E-state index contributed by atoms with van der Waals surface area (Å²) in [6, 6.07) is 37.5. The molecule has 2 aliphatic carbocycles.